The fourth-order valence-electron chi connectivity index (χ4n) is 0.888. The van der Waals surface area contributed by atoms with Crippen molar-refractivity contribution in [3.05, 3.63) is 0 Å². The zero-order chi connectivity index (χ0) is 11.6. The zero-order valence-corrected chi connectivity index (χ0v) is 9.77. The van der Waals surface area contributed by atoms with Gasteiger partial charge in [0, 0.05) is 26.6 Å². The molecule has 15 heavy (non-hydrogen) atoms. The third kappa shape index (κ3) is 9.69. The molecule has 0 rings (SSSR count). The van der Waals surface area contributed by atoms with Crippen LogP contribution in [0.4, 0.5) is 0 Å². The van der Waals surface area contributed by atoms with Crippen LogP contribution in [0.3, 0.4) is 0 Å². The normalized spacial score (nSPS) is 11.2. The van der Waals surface area contributed by atoms with Crippen LogP contribution < -0.4 is 9.44 Å². The SMILES string of the molecule is C#CCCCCNS(=O)(=O)NCCOC. The van der Waals surface area contributed by atoms with Crippen molar-refractivity contribution in [2.45, 2.75) is 19.3 Å². The number of ether oxygens (including phenoxy) is 1. The van der Waals surface area contributed by atoms with Crippen LogP contribution in [0.25, 0.3) is 0 Å². The molecule has 2 N–H and O–H groups in total. The van der Waals surface area contributed by atoms with Gasteiger partial charge in [0.05, 0.1) is 6.61 Å². The Morgan fingerprint density at radius 2 is 1.93 bits per heavy atom. The molecule has 0 aromatic rings. The van der Waals surface area contributed by atoms with E-state index in [1.165, 1.54) is 7.11 Å². The average Bonchev–Trinajstić information content (AvgIpc) is 2.17. The molecule has 0 aromatic carbocycles. The van der Waals surface area contributed by atoms with Crippen LogP contribution in [0, 0.1) is 12.3 Å². The third-order valence-corrected chi connectivity index (χ3v) is 2.81. The molecule has 0 saturated heterocycles. The van der Waals surface area contributed by atoms with Crippen molar-refractivity contribution in [1.29, 1.82) is 0 Å². The van der Waals surface area contributed by atoms with Crippen molar-refractivity contribution in [3.8, 4) is 12.3 Å². The minimum absolute atomic E-state index is 0.274. The molecule has 0 saturated carbocycles. The lowest BCUT2D eigenvalue weighted by atomic mass is 10.2. The first-order chi connectivity index (χ1) is 7.12. The van der Waals surface area contributed by atoms with Gasteiger partial charge in [-0.3, -0.25) is 0 Å². The van der Waals surface area contributed by atoms with Crippen molar-refractivity contribution in [1.82, 2.24) is 9.44 Å². The predicted molar refractivity (Wildman–Crippen MR) is 59.5 cm³/mol. The van der Waals surface area contributed by atoms with Gasteiger partial charge in [0.1, 0.15) is 0 Å². The van der Waals surface area contributed by atoms with Gasteiger partial charge in [0.15, 0.2) is 0 Å². The van der Waals surface area contributed by atoms with Crippen molar-refractivity contribution < 1.29 is 13.2 Å². The summed E-state index contributed by atoms with van der Waals surface area (Å²) in [6.07, 6.45) is 7.32. The van der Waals surface area contributed by atoms with Gasteiger partial charge >= 0.3 is 0 Å². The number of hydrogen-bond donors (Lipinski definition) is 2. The molecule has 88 valence electrons. The second-order valence-corrected chi connectivity index (χ2v) is 4.53. The van der Waals surface area contributed by atoms with E-state index in [1.807, 2.05) is 0 Å². The highest BCUT2D eigenvalue weighted by atomic mass is 32.2. The van der Waals surface area contributed by atoms with Gasteiger partial charge in [0.25, 0.3) is 10.2 Å². The summed E-state index contributed by atoms with van der Waals surface area (Å²) in [6.45, 7) is 1.04. The standard InChI is InChI=1S/C9H18N2O3S/c1-3-4-5-6-7-10-15(12,13)11-8-9-14-2/h1,10-11H,4-9H2,2H3. The molecule has 0 unspecified atom stereocenters. The molecule has 0 aliphatic carbocycles. The highest BCUT2D eigenvalue weighted by molar-refractivity contribution is 7.87. The second-order valence-electron chi connectivity index (χ2n) is 2.95. The minimum atomic E-state index is -3.37. The fraction of sp³-hybridized carbons (Fsp3) is 0.778. The third-order valence-electron chi connectivity index (χ3n) is 1.64. The van der Waals surface area contributed by atoms with Crippen molar-refractivity contribution in [2.75, 3.05) is 26.8 Å². The molecule has 0 spiro atoms. The maximum atomic E-state index is 11.2. The Hall–Kier alpha value is -0.610. The van der Waals surface area contributed by atoms with E-state index in [0.717, 1.165) is 12.8 Å². The predicted octanol–water partition coefficient (Wildman–Crippen LogP) is -0.140. The lowest BCUT2D eigenvalue weighted by molar-refractivity contribution is 0.204. The van der Waals surface area contributed by atoms with Crippen molar-refractivity contribution in [3.63, 3.8) is 0 Å². The smallest absolute Gasteiger partial charge is 0.276 e. The van der Waals surface area contributed by atoms with Gasteiger partial charge in [-0.15, -0.1) is 12.3 Å². The van der Waals surface area contributed by atoms with Crippen LogP contribution in [-0.2, 0) is 14.9 Å². The number of nitrogens with one attached hydrogen (secondary N) is 2. The molecule has 0 fully saturated rings. The molecule has 0 radical (unpaired) electrons. The van der Waals surface area contributed by atoms with E-state index in [1.54, 1.807) is 0 Å². The molecule has 0 aliphatic heterocycles. The molecule has 0 amide bonds. The van der Waals surface area contributed by atoms with Gasteiger partial charge in [-0.1, -0.05) is 0 Å². The van der Waals surface area contributed by atoms with E-state index in [2.05, 4.69) is 15.4 Å². The summed E-state index contributed by atoms with van der Waals surface area (Å²) in [5, 5.41) is 0. The number of unbranched alkanes of at least 4 members (excludes halogenated alkanes) is 2. The summed E-state index contributed by atoms with van der Waals surface area (Å²) in [5.74, 6) is 2.50. The van der Waals surface area contributed by atoms with Gasteiger partial charge in [0.2, 0.25) is 0 Å². The van der Waals surface area contributed by atoms with E-state index in [-0.39, 0.29) is 6.54 Å². The molecule has 6 heteroatoms. The van der Waals surface area contributed by atoms with E-state index in [4.69, 9.17) is 11.2 Å². The first-order valence-corrected chi connectivity index (χ1v) is 6.27. The molecular weight excluding hydrogens is 216 g/mol. The summed E-state index contributed by atoms with van der Waals surface area (Å²) < 4.78 is 31.9. The van der Waals surface area contributed by atoms with Gasteiger partial charge in [-0.2, -0.15) is 13.1 Å². The maximum Gasteiger partial charge on any atom is 0.276 e. The molecule has 5 nitrogen and oxygen atoms in total. The topological polar surface area (TPSA) is 67.4 Å². The molecule has 0 atom stereocenters. The van der Waals surface area contributed by atoms with Crippen molar-refractivity contribution in [2.24, 2.45) is 0 Å². The summed E-state index contributed by atoms with van der Waals surface area (Å²) in [7, 11) is -1.86. The van der Waals surface area contributed by atoms with Crippen LogP contribution >= 0.6 is 0 Å². The Morgan fingerprint density at radius 1 is 1.27 bits per heavy atom. The molecule has 0 heterocycles. The first kappa shape index (κ1) is 14.4. The number of methoxy groups -OCH3 is 1. The Bertz CT molecular complexity index is 282. The maximum absolute atomic E-state index is 11.2. The monoisotopic (exact) mass is 234 g/mol. The summed E-state index contributed by atoms with van der Waals surface area (Å²) >= 11 is 0. The van der Waals surface area contributed by atoms with Crippen molar-refractivity contribution >= 4 is 10.2 Å². The van der Waals surface area contributed by atoms with E-state index >= 15 is 0 Å². The number of terminal acetylenes is 1. The van der Waals surface area contributed by atoms with Gasteiger partial charge in [-0.05, 0) is 12.8 Å². The summed E-state index contributed by atoms with van der Waals surface area (Å²) in [5.41, 5.74) is 0. The molecule has 0 bridgehead atoms. The lowest BCUT2D eigenvalue weighted by Gasteiger charge is -2.06. The Kier molecular flexibility index (Phi) is 8.33. The Morgan fingerprint density at radius 3 is 2.53 bits per heavy atom. The van der Waals surface area contributed by atoms with Crippen LogP contribution in [0.15, 0.2) is 0 Å². The Balaban J connectivity index is 3.53. The quantitative estimate of drug-likeness (QED) is 0.431. The highest BCUT2D eigenvalue weighted by Gasteiger charge is 2.06. The minimum Gasteiger partial charge on any atom is -0.383 e. The summed E-state index contributed by atoms with van der Waals surface area (Å²) in [6, 6.07) is 0. The van der Waals surface area contributed by atoms with Crippen LogP contribution in [-0.4, -0.2) is 35.2 Å². The summed E-state index contributed by atoms with van der Waals surface area (Å²) in [4.78, 5) is 0. The van der Waals surface area contributed by atoms with Gasteiger partial charge in [-0.25, -0.2) is 4.72 Å². The Labute approximate surface area is 91.8 Å². The van der Waals surface area contributed by atoms with Gasteiger partial charge < -0.3 is 4.74 Å². The first-order valence-electron chi connectivity index (χ1n) is 4.79. The van der Waals surface area contributed by atoms with E-state index < -0.39 is 10.2 Å². The molecular formula is C9H18N2O3S. The second kappa shape index (κ2) is 8.68. The lowest BCUT2D eigenvalue weighted by Crippen LogP contribution is -2.38. The fourth-order valence-corrected chi connectivity index (χ4v) is 1.75. The van der Waals surface area contributed by atoms with Crippen LogP contribution in [0.5, 0.6) is 0 Å². The number of rotatable bonds is 9. The van der Waals surface area contributed by atoms with E-state index in [0.29, 0.717) is 19.6 Å². The van der Waals surface area contributed by atoms with E-state index in [9.17, 15) is 8.42 Å². The zero-order valence-electron chi connectivity index (χ0n) is 8.95. The highest BCUT2D eigenvalue weighted by Crippen LogP contribution is 1.91. The number of hydrogen-bond acceptors (Lipinski definition) is 3. The largest absolute Gasteiger partial charge is 0.383 e. The molecule has 0 aliphatic rings. The van der Waals surface area contributed by atoms with Crippen LogP contribution in [0.1, 0.15) is 19.3 Å². The average molecular weight is 234 g/mol. The molecule has 0 aromatic heterocycles. The van der Waals surface area contributed by atoms with Crippen LogP contribution in [0.2, 0.25) is 0 Å².